The molecule has 3 rings (SSSR count). The molecule has 0 amide bonds. The van der Waals surface area contributed by atoms with Gasteiger partial charge in [0.15, 0.2) is 5.82 Å². The number of fused-ring (bicyclic) bond motifs is 1. The van der Waals surface area contributed by atoms with Crippen LogP contribution in [0.5, 0.6) is 0 Å². The van der Waals surface area contributed by atoms with E-state index in [1.807, 2.05) is 0 Å². The van der Waals surface area contributed by atoms with Crippen LogP contribution in [-0.2, 0) is 22.6 Å². The number of rotatable bonds is 3. The standard InChI is InChI=1S/C10H10N6O2S2/c1-16-14-9(13-15-16)5-20(17,18)10-12-7-3-2-6(11)4-8(7)19-10/h2-4H,5,11H2,1H3. The molecular formula is C10H10N6O2S2. The Morgan fingerprint density at radius 2 is 2.20 bits per heavy atom. The van der Waals surface area contributed by atoms with Crippen molar-refractivity contribution in [3.8, 4) is 0 Å². The molecule has 0 aliphatic rings. The number of nitrogen functional groups attached to an aromatic ring is 1. The molecule has 0 unspecified atom stereocenters. The van der Waals surface area contributed by atoms with Gasteiger partial charge in [0.1, 0.15) is 5.75 Å². The molecule has 104 valence electrons. The summed E-state index contributed by atoms with van der Waals surface area (Å²) in [5.74, 6) is -0.179. The van der Waals surface area contributed by atoms with Crippen molar-refractivity contribution in [2.75, 3.05) is 5.73 Å². The molecule has 0 atom stereocenters. The van der Waals surface area contributed by atoms with Gasteiger partial charge in [0, 0.05) is 5.69 Å². The second-order valence-electron chi connectivity index (χ2n) is 4.16. The molecule has 0 bridgehead atoms. The van der Waals surface area contributed by atoms with E-state index < -0.39 is 9.84 Å². The van der Waals surface area contributed by atoms with E-state index in [0.29, 0.717) is 11.2 Å². The van der Waals surface area contributed by atoms with Crippen molar-refractivity contribution in [1.29, 1.82) is 0 Å². The lowest BCUT2D eigenvalue weighted by Gasteiger charge is -1.94. The highest BCUT2D eigenvalue weighted by Gasteiger charge is 2.22. The lowest BCUT2D eigenvalue weighted by Crippen LogP contribution is -2.06. The van der Waals surface area contributed by atoms with Crippen molar-refractivity contribution >= 4 is 37.1 Å². The molecular weight excluding hydrogens is 300 g/mol. The normalized spacial score (nSPS) is 12.1. The Morgan fingerprint density at radius 1 is 1.40 bits per heavy atom. The molecule has 0 saturated carbocycles. The van der Waals surface area contributed by atoms with Gasteiger partial charge in [-0.15, -0.1) is 21.5 Å². The molecule has 2 N–H and O–H groups in total. The second kappa shape index (κ2) is 4.49. The predicted octanol–water partition coefficient (Wildman–Crippen LogP) is 0.376. The molecule has 0 aliphatic heterocycles. The van der Waals surface area contributed by atoms with E-state index in [2.05, 4.69) is 20.4 Å². The lowest BCUT2D eigenvalue weighted by atomic mass is 10.3. The quantitative estimate of drug-likeness (QED) is 0.695. The molecule has 20 heavy (non-hydrogen) atoms. The third-order valence-corrected chi connectivity index (χ3v) is 5.61. The fourth-order valence-corrected chi connectivity index (χ4v) is 4.18. The Morgan fingerprint density at radius 3 is 2.90 bits per heavy atom. The largest absolute Gasteiger partial charge is 0.399 e. The SMILES string of the molecule is Cn1nnc(CS(=O)(=O)c2nc3ccc(N)cc3s2)n1. The molecule has 8 nitrogen and oxygen atoms in total. The van der Waals surface area contributed by atoms with Crippen LogP contribution < -0.4 is 5.73 Å². The van der Waals surface area contributed by atoms with Crippen LogP contribution in [-0.4, -0.2) is 33.6 Å². The molecule has 0 radical (unpaired) electrons. The fourth-order valence-electron chi connectivity index (χ4n) is 1.67. The number of nitrogens with two attached hydrogens (primary N) is 1. The Kier molecular flexibility index (Phi) is 2.91. The first-order chi connectivity index (χ1) is 9.44. The van der Waals surface area contributed by atoms with Crippen LogP contribution in [0.1, 0.15) is 5.82 Å². The summed E-state index contributed by atoms with van der Waals surface area (Å²) in [6.07, 6.45) is 0. The highest BCUT2D eigenvalue weighted by atomic mass is 32.2. The average molecular weight is 310 g/mol. The van der Waals surface area contributed by atoms with Crippen LogP contribution >= 0.6 is 11.3 Å². The highest BCUT2D eigenvalue weighted by Crippen LogP contribution is 2.28. The summed E-state index contributed by atoms with van der Waals surface area (Å²) < 4.78 is 25.3. The minimum absolute atomic E-state index is 0.0329. The zero-order valence-electron chi connectivity index (χ0n) is 10.4. The fraction of sp³-hybridized carbons (Fsp3) is 0.200. The Labute approximate surface area is 118 Å². The third kappa shape index (κ3) is 2.34. The summed E-state index contributed by atoms with van der Waals surface area (Å²) in [7, 11) is -2.01. The van der Waals surface area contributed by atoms with Crippen LogP contribution in [0.25, 0.3) is 10.2 Å². The van der Waals surface area contributed by atoms with Gasteiger partial charge in [0.2, 0.25) is 14.2 Å². The van der Waals surface area contributed by atoms with Gasteiger partial charge in [-0.05, 0) is 23.4 Å². The number of anilines is 1. The predicted molar refractivity (Wildman–Crippen MR) is 73.7 cm³/mol. The molecule has 0 spiro atoms. The van der Waals surface area contributed by atoms with Gasteiger partial charge in [0.05, 0.1) is 17.3 Å². The van der Waals surface area contributed by atoms with Gasteiger partial charge in [0.25, 0.3) is 0 Å². The minimum Gasteiger partial charge on any atom is -0.399 e. The Hall–Kier alpha value is -2.07. The zero-order chi connectivity index (χ0) is 14.3. The van der Waals surface area contributed by atoms with Crippen molar-refractivity contribution in [3.63, 3.8) is 0 Å². The first-order valence-corrected chi connectivity index (χ1v) is 8.03. The van der Waals surface area contributed by atoms with Gasteiger partial charge in [-0.2, -0.15) is 4.80 Å². The van der Waals surface area contributed by atoms with E-state index in [1.165, 1.54) is 4.80 Å². The van der Waals surface area contributed by atoms with E-state index in [4.69, 9.17) is 5.73 Å². The number of aromatic nitrogens is 5. The summed E-state index contributed by atoms with van der Waals surface area (Å²) in [6.45, 7) is 0. The summed E-state index contributed by atoms with van der Waals surface area (Å²) >= 11 is 1.08. The van der Waals surface area contributed by atoms with Crippen LogP contribution in [0.2, 0.25) is 0 Å². The zero-order valence-corrected chi connectivity index (χ0v) is 12.0. The molecule has 0 aliphatic carbocycles. The topological polar surface area (TPSA) is 117 Å². The van der Waals surface area contributed by atoms with E-state index >= 15 is 0 Å². The number of thiazole rings is 1. The summed E-state index contributed by atoms with van der Waals surface area (Å²) in [6, 6.07) is 5.08. The molecule has 0 fully saturated rings. The van der Waals surface area contributed by atoms with Crippen molar-refractivity contribution in [2.24, 2.45) is 7.05 Å². The number of sulfone groups is 1. The van der Waals surface area contributed by atoms with Crippen molar-refractivity contribution in [3.05, 3.63) is 24.0 Å². The Balaban J connectivity index is 2.00. The van der Waals surface area contributed by atoms with E-state index in [-0.39, 0.29) is 15.9 Å². The van der Waals surface area contributed by atoms with Crippen molar-refractivity contribution < 1.29 is 8.42 Å². The third-order valence-electron chi connectivity index (χ3n) is 2.53. The van der Waals surface area contributed by atoms with Crippen molar-refractivity contribution in [2.45, 2.75) is 10.1 Å². The lowest BCUT2D eigenvalue weighted by molar-refractivity contribution is 0.592. The maximum absolute atomic E-state index is 12.3. The molecule has 0 saturated heterocycles. The first-order valence-electron chi connectivity index (χ1n) is 5.56. The number of aryl methyl sites for hydroxylation is 1. The van der Waals surface area contributed by atoms with Crippen molar-refractivity contribution in [1.82, 2.24) is 25.2 Å². The first kappa shape index (κ1) is 12.9. The number of tetrazole rings is 1. The highest BCUT2D eigenvalue weighted by molar-refractivity contribution is 7.92. The number of hydrogen-bond acceptors (Lipinski definition) is 8. The Bertz CT molecular complexity index is 882. The van der Waals surface area contributed by atoms with Crippen LogP contribution in [0.3, 0.4) is 0 Å². The minimum atomic E-state index is -3.59. The maximum Gasteiger partial charge on any atom is 0.212 e. The molecule has 3 aromatic rings. The monoisotopic (exact) mass is 310 g/mol. The van der Waals surface area contributed by atoms with Crippen LogP contribution in [0.4, 0.5) is 5.69 Å². The summed E-state index contributed by atoms with van der Waals surface area (Å²) in [5.41, 5.74) is 6.84. The van der Waals surface area contributed by atoms with Gasteiger partial charge in [-0.3, -0.25) is 0 Å². The smallest absolute Gasteiger partial charge is 0.212 e. The summed E-state index contributed by atoms with van der Waals surface area (Å²) in [5, 5.41) is 11.1. The van der Waals surface area contributed by atoms with Gasteiger partial charge >= 0.3 is 0 Å². The van der Waals surface area contributed by atoms with Gasteiger partial charge < -0.3 is 5.73 Å². The van der Waals surface area contributed by atoms with E-state index in [1.54, 1.807) is 25.2 Å². The van der Waals surface area contributed by atoms with Crippen LogP contribution in [0, 0.1) is 0 Å². The molecule has 2 heterocycles. The number of hydrogen-bond donors (Lipinski definition) is 1. The van der Waals surface area contributed by atoms with E-state index in [9.17, 15) is 8.42 Å². The van der Waals surface area contributed by atoms with Crippen LogP contribution in [0.15, 0.2) is 22.5 Å². The van der Waals surface area contributed by atoms with E-state index in [0.717, 1.165) is 16.0 Å². The molecule has 1 aromatic carbocycles. The van der Waals surface area contributed by atoms with Gasteiger partial charge in [-0.1, -0.05) is 0 Å². The summed E-state index contributed by atoms with van der Waals surface area (Å²) in [4.78, 5) is 5.33. The van der Waals surface area contributed by atoms with Gasteiger partial charge in [-0.25, -0.2) is 13.4 Å². The molecule has 2 aromatic heterocycles. The average Bonchev–Trinajstić information content (AvgIpc) is 2.95. The maximum atomic E-state index is 12.3. The molecule has 10 heteroatoms. The number of benzene rings is 1. The number of nitrogens with zero attached hydrogens (tertiary/aromatic N) is 5. The second-order valence-corrected chi connectivity index (χ2v) is 7.36.